The Bertz CT molecular complexity index is 1140. The summed E-state index contributed by atoms with van der Waals surface area (Å²) in [7, 11) is 0. The average Bonchev–Trinajstić information content (AvgIpc) is 3.12. The molecule has 1 aliphatic rings. The Morgan fingerprint density at radius 1 is 1.13 bits per heavy atom. The number of aryl methyl sites for hydroxylation is 2. The van der Waals surface area contributed by atoms with Crippen molar-refractivity contribution in [2.45, 2.75) is 20.8 Å². The van der Waals surface area contributed by atoms with Gasteiger partial charge in [-0.2, -0.15) is 0 Å². The number of thiazole rings is 1. The Morgan fingerprint density at radius 3 is 2.48 bits per heavy atom. The van der Waals surface area contributed by atoms with Gasteiger partial charge in [-0.1, -0.05) is 0 Å². The van der Waals surface area contributed by atoms with Crippen LogP contribution < -0.4 is 10.2 Å². The molecule has 1 aliphatic heterocycles. The van der Waals surface area contributed by atoms with E-state index in [2.05, 4.69) is 35.0 Å². The zero-order chi connectivity index (χ0) is 22.0. The minimum Gasteiger partial charge on any atom is -0.367 e. The second-order valence-corrected chi connectivity index (χ2v) is 8.41. The van der Waals surface area contributed by atoms with Crippen LogP contribution >= 0.6 is 11.3 Å². The molecule has 0 saturated carbocycles. The van der Waals surface area contributed by atoms with Gasteiger partial charge in [-0.3, -0.25) is 4.79 Å². The van der Waals surface area contributed by atoms with Gasteiger partial charge in [0.2, 0.25) is 17.5 Å². The molecule has 1 N–H and O–H groups in total. The second-order valence-electron chi connectivity index (χ2n) is 7.21. The summed E-state index contributed by atoms with van der Waals surface area (Å²) in [6.07, 6.45) is 3.33. The van der Waals surface area contributed by atoms with Crippen molar-refractivity contribution in [2.24, 2.45) is 0 Å². The van der Waals surface area contributed by atoms with Crippen LogP contribution in [0.1, 0.15) is 17.6 Å². The Labute approximate surface area is 184 Å². The van der Waals surface area contributed by atoms with Crippen molar-refractivity contribution in [1.82, 2.24) is 24.8 Å². The van der Waals surface area contributed by atoms with Gasteiger partial charge in [0, 0.05) is 39.3 Å². The number of nitrogens with zero attached hydrogens (tertiary/aromatic N) is 7. The van der Waals surface area contributed by atoms with Crippen LogP contribution in [-0.2, 0) is 4.79 Å². The summed E-state index contributed by atoms with van der Waals surface area (Å²) in [6.45, 7) is 15.9. The molecule has 0 bridgehead atoms. The van der Waals surface area contributed by atoms with Gasteiger partial charge in [-0.15, -0.1) is 11.3 Å². The summed E-state index contributed by atoms with van der Waals surface area (Å²) >= 11 is 1.51. The lowest BCUT2D eigenvalue weighted by molar-refractivity contribution is -0.129. The van der Waals surface area contributed by atoms with E-state index in [1.54, 1.807) is 13.1 Å². The lowest BCUT2D eigenvalue weighted by atomic mass is 10.2. The average molecular weight is 435 g/mol. The van der Waals surface area contributed by atoms with Crippen molar-refractivity contribution in [3.63, 3.8) is 0 Å². The highest BCUT2D eigenvalue weighted by molar-refractivity contribution is 7.15. The van der Waals surface area contributed by atoms with Gasteiger partial charge >= 0.3 is 0 Å². The number of piperazine rings is 1. The molecule has 31 heavy (non-hydrogen) atoms. The number of carbonyl (C=O) groups is 1. The summed E-state index contributed by atoms with van der Waals surface area (Å²) < 4.78 is 0. The Hall–Kier alpha value is -3.58. The quantitative estimate of drug-likeness (QED) is 0.628. The number of carbonyl (C=O) groups excluding carboxylic acids is 1. The molecule has 3 aromatic heterocycles. The fourth-order valence-electron chi connectivity index (χ4n) is 3.48. The number of hydrogen-bond acceptors (Lipinski definition) is 8. The SMILES string of the molecule is [C-]#[N+]c1cnc(Nc2ccc(N3CCN(C(C)=O)CC3)cn2)nc1-c1sc(C)nc1C. The molecule has 0 spiro atoms. The zero-order valence-electron chi connectivity index (χ0n) is 17.6. The lowest BCUT2D eigenvalue weighted by Crippen LogP contribution is -2.48. The van der Waals surface area contributed by atoms with Gasteiger partial charge in [-0.25, -0.2) is 24.8 Å². The fourth-order valence-corrected chi connectivity index (χ4v) is 4.39. The van der Waals surface area contributed by atoms with E-state index in [1.807, 2.05) is 30.9 Å². The molecule has 1 saturated heterocycles. The van der Waals surface area contributed by atoms with Gasteiger partial charge < -0.3 is 15.1 Å². The molecule has 10 heteroatoms. The number of amides is 1. The third-order valence-electron chi connectivity index (χ3n) is 5.09. The molecule has 0 atom stereocenters. The number of pyridine rings is 1. The highest BCUT2D eigenvalue weighted by Crippen LogP contribution is 2.35. The predicted molar refractivity (Wildman–Crippen MR) is 121 cm³/mol. The van der Waals surface area contributed by atoms with Crippen molar-refractivity contribution in [3.8, 4) is 10.6 Å². The topological polar surface area (TPSA) is 91.5 Å². The standard InChI is InChI=1S/C21H22N8OS/c1-13-20(31-14(2)25-13)19-17(22-4)12-24-21(27-19)26-18-6-5-16(11-23-18)29-9-7-28(8-10-29)15(3)30/h5-6,11-12H,7-10H2,1-3H3,(H,23,24,26,27). The first-order valence-corrected chi connectivity index (χ1v) is 10.7. The minimum absolute atomic E-state index is 0.115. The Morgan fingerprint density at radius 2 is 1.90 bits per heavy atom. The Balaban J connectivity index is 1.50. The number of rotatable bonds is 4. The van der Waals surface area contributed by atoms with E-state index in [0.717, 1.165) is 47.4 Å². The largest absolute Gasteiger partial charge is 0.367 e. The van der Waals surface area contributed by atoms with Crippen LogP contribution in [-0.4, -0.2) is 56.9 Å². The molecule has 1 fully saturated rings. The van der Waals surface area contributed by atoms with Gasteiger partial charge in [0.15, 0.2) is 0 Å². The van der Waals surface area contributed by atoms with Gasteiger partial charge in [0.05, 0.1) is 39.7 Å². The van der Waals surface area contributed by atoms with E-state index in [4.69, 9.17) is 6.57 Å². The number of nitrogens with one attached hydrogen (secondary N) is 1. The number of aromatic nitrogens is 4. The van der Waals surface area contributed by atoms with E-state index in [1.165, 1.54) is 17.5 Å². The number of hydrogen-bond donors (Lipinski definition) is 1. The molecule has 158 valence electrons. The molecule has 1 amide bonds. The first kappa shape index (κ1) is 20.7. The first-order chi connectivity index (χ1) is 14.9. The maximum Gasteiger partial charge on any atom is 0.231 e. The maximum atomic E-state index is 11.5. The van der Waals surface area contributed by atoms with E-state index < -0.39 is 0 Å². The van der Waals surface area contributed by atoms with E-state index >= 15 is 0 Å². The molecule has 3 aromatic rings. The molecular formula is C21H22N8OS. The first-order valence-electron chi connectivity index (χ1n) is 9.87. The van der Waals surface area contributed by atoms with Crippen molar-refractivity contribution < 1.29 is 4.79 Å². The lowest BCUT2D eigenvalue weighted by Gasteiger charge is -2.35. The molecule has 0 aliphatic carbocycles. The summed E-state index contributed by atoms with van der Waals surface area (Å²) in [6, 6.07) is 3.87. The molecule has 0 unspecified atom stereocenters. The maximum absolute atomic E-state index is 11.5. The normalized spacial score (nSPS) is 13.7. The van der Waals surface area contributed by atoms with Crippen molar-refractivity contribution in [2.75, 3.05) is 36.4 Å². The summed E-state index contributed by atoms with van der Waals surface area (Å²) in [5, 5.41) is 4.05. The van der Waals surface area contributed by atoms with Crippen LogP contribution in [0.4, 0.5) is 23.1 Å². The Kier molecular flexibility index (Phi) is 5.77. The molecule has 4 heterocycles. The van der Waals surface area contributed by atoms with Gasteiger partial charge in [0.25, 0.3) is 0 Å². The van der Waals surface area contributed by atoms with Crippen molar-refractivity contribution in [3.05, 3.63) is 46.6 Å². The summed E-state index contributed by atoms with van der Waals surface area (Å²) in [4.78, 5) is 37.7. The summed E-state index contributed by atoms with van der Waals surface area (Å²) in [5.74, 6) is 1.11. The third kappa shape index (κ3) is 4.46. The van der Waals surface area contributed by atoms with Gasteiger partial charge in [0.1, 0.15) is 5.82 Å². The van der Waals surface area contributed by atoms with Crippen LogP contribution in [0.3, 0.4) is 0 Å². The van der Waals surface area contributed by atoms with E-state index in [-0.39, 0.29) is 5.91 Å². The number of anilines is 3. The van der Waals surface area contributed by atoms with Crippen LogP contribution in [0.15, 0.2) is 24.5 Å². The van der Waals surface area contributed by atoms with E-state index in [0.29, 0.717) is 23.1 Å². The molecule has 4 rings (SSSR count). The predicted octanol–water partition coefficient (Wildman–Crippen LogP) is 3.57. The fraction of sp³-hybridized carbons (Fsp3) is 0.333. The monoisotopic (exact) mass is 434 g/mol. The van der Waals surface area contributed by atoms with Crippen molar-refractivity contribution >= 4 is 40.4 Å². The van der Waals surface area contributed by atoms with Crippen LogP contribution in [0, 0.1) is 20.4 Å². The van der Waals surface area contributed by atoms with Gasteiger partial charge in [-0.05, 0) is 26.0 Å². The molecule has 0 radical (unpaired) electrons. The molecule has 0 aromatic carbocycles. The molecular weight excluding hydrogens is 412 g/mol. The summed E-state index contributed by atoms with van der Waals surface area (Å²) in [5.41, 5.74) is 2.83. The third-order valence-corrected chi connectivity index (χ3v) is 6.17. The van der Waals surface area contributed by atoms with Crippen LogP contribution in [0.25, 0.3) is 15.4 Å². The second kappa shape index (κ2) is 8.65. The van der Waals surface area contributed by atoms with Crippen LogP contribution in [0.5, 0.6) is 0 Å². The van der Waals surface area contributed by atoms with E-state index in [9.17, 15) is 4.79 Å². The highest BCUT2D eigenvalue weighted by Gasteiger charge is 2.19. The molecule has 9 nitrogen and oxygen atoms in total. The van der Waals surface area contributed by atoms with Crippen LogP contribution in [0.2, 0.25) is 0 Å². The minimum atomic E-state index is 0.115. The smallest absolute Gasteiger partial charge is 0.231 e. The zero-order valence-corrected chi connectivity index (χ0v) is 18.4. The van der Waals surface area contributed by atoms with Crippen molar-refractivity contribution in [1.29, 1.82) is 0 Å². The highest BCUT2D eigenvalue weighted by atomic mass is 32.1.